The van der Waals surface area contributed by atoms with Crippen LogP contribution in [0.4, 0.5) is 0 Å². The summed E-state index contributed by atoms with van der Waals surface area (Å²) in [6, 6.07) is 0. The van der Waals surface area contributed by atoms with Gasteiger partial charge in [0.2, 0.25) is 5.79 Å². The molecule has 0 bridgehead atoms. The van der Waals surface area contributed by atoms with E-state index < -0.39 is 5.79 Å². The number of nitrogens with zero attached hydrogens (tertiary/aromatic N) is 1. The molecule has 1 spiro atoms. The van der Waals surface area contributed by atoms with E-state index in [0.717, 1.165) is 38.5 Å². The van der Waals surface area contributed by atoms with Gasteiger partial charge in [-0.3, -0.25) is 4.79 Å². The summed E-state index contributed by atoms with van der Waals surface area (Å²) in [4.78, 5) is 11.5. The Hall–Kier alpha value is -1.40. The van der Waals surface area contributed by atoms with Crippen LogP contribution in [0.2, 0.25) is 0 Å². The summed E-state index contributed by atoms with van der Waals surface area (Å²) >= 11 is 0. The quantitative estimate of drug-likeness (QED) is 0.222. The molecule has 4 aliphatic carbocycles. The zero-order valence-electron chi connectivity index (χ0n) is 22.1. The Labute approximate surface area is 209 Å². The fourth-order valence-electron chi connectivity index (χ4n) is 10.1. The van der Waals surface area contributed by atoms with Crippen LogP contribution in [0.5, 0.6) is 0 Å². The van der Waals surface area contributed by atoms with Crippen LogP contribution >= 0.6 is 0 Å². The summed E-state index contributed by atoms with van der Waals surface area (Å²) in [7, 11) is 0. The van der Waals surface area contributed by atoms with Gasteiger partial charge in [0.1, 0.15) is 11.8 Å². The number of oxime groups is 1. The maximum atomic E-state index is 11.5. The average Bonchev–Trinajstić information content (AvgIpc) is 3.26. The first-order chi connectivity index (χ1) is 16.6. The predicted molar refractivity (Wildman–Crippen MR) is 132 cm³/mol. The van der Waals surface area contributed by atoms with Crippen molar-refractivity contribution >= 4 is 11.7 Å². The van der Waals surface area contributed by atoms with Gasteiger partial charge in [0, 0.05) is 19.3 Å². The topological polar surface area (TPSA) is 77.4 Å². The molecule has 0 amide bonds. The molecule has 2 heterocycles. The van der Waals surface area contributed by atoms with Crippen molar-refractivity contribution in [3.63, 3.8) is 0 Å². The van der Waals surface area contributed by atoms with Gasteiger partial charge in [0.25, 0.3) is 0 Å². The van der Waals surface area contributed by atoms with Crippen molar-refractivity contribution in [1.82, 2.24) is 0 Å². The third kappa shape index (κ3) is 3.27. The van der Waals surface area contributed by atoms with Gasteiger partial charge < -0.3 is 19.4 Å². The average molecular weight is 486 g/mol. The van der Waals surface area contributed by atoms with E-state index in [1.807, 2.05) is 0 Å². The van der Waals surface area contributed by atoms with E-state index in [1.165, 1.54) is 25.3 Å². The number of allylic oxidation sites excluding steroid dienone is 1. The summed E-state index contributed by atoms with van der Waals surface area (Å²) in [6.07, 6.45) is 11.2. The second-order valence-electron chi connectivity index (χ2n) is 13.3. The lowest BCUT2D eigenvalue weighted by atomic mass is 9.47. The second kappa shape index (κ2) is 8.05. The van der Waals surface area contributed by atoms with Crippen molar-refractivity contribution < 1.29 is 24.2 Å². The Morgan fingerprint density at radius 2 is 1.97 bits per heavy atom. The summed E-state index contributed by atoms with van der Waals surface area (Å²) in [5.41, 5.74) is 2.67. The van der Waals surface area contributed by atoms with Gasteiger partial charge in [-0.05, 0) is 85.4 Å². The summed E-state index contributed by atoms with van der Waals surface area (Å²) in [5.74, 6) is 1.99. The molecule has 194 valence electrons. The van der Waals surface area contributed by atoms with Crippen LogP contribution in [-0.4, -0.2) is 41.5 Å². The maximum Gasteiger partial charge on any atom is 0.302 e. The van der Waals surface area contributed by atoms with E-state index in [9.17, 15) is 10.0 Å². The molecule has 0 aromatic heterocycles. The first kappa shape index (κ1) is 24.0. The largest absolute Gasteiger partial charge is 0.462 e. The molecule has 0 aromatic rings. The van der Waals surface area contributed by atoms with Crippen LogP contribution in [0.15, 0.2) is 16.8 Å². The monoisotopic (exact) mass is 485 g/mol. The lowest BCUT2D eigenvalue weighted by Gasteiger charge is -2.58. The van der Waals surface area contributed by atoms with Crippen molar-refractivity contribution in [3.05, 3.63) is 11.6 Å². The van der Waals surface area contributed by atoms with Gasteiger partial charge in [0.05, 0.1) is 12.7 Å². The molecule has 0 aromatic carbocycles. The Balaban J connectivity index is 1.26. The van der Waals surface area contributed by atoms with Gasteiger partial charge in [0.15, 0.2) is 0 Å². The molecule has 3 saturated carbocycles. The number of carbonyl (C=O) groups is 1. The smallest absolute Gasteiger partial charge is 0.302 e. The summed E-state index contributed by atoms with van der Waals surface area (Å²) < 4.78 is 18.8. The van der Waals surface area contributed by atoms with Crippen LogP contribution in [0.25, 0.3) is 0 Å². The van der Waals surface area contributed by atoms with Gasteiger partial charge >= 0.3 is 5.97 Å². The summed E-state index contributed by atoms with van der Waals surface area (Å²) in [6.45, 7) is 11.6. The van der Waals surface area contributed by atoms with Crippen molar-refractivity contribution in [2.24, 2.45) is 51.5 Å². The molecule has 0 radical (unpaired) electrons. The number of ether oxygens (including phenoxy) is 3. The minimum atomic E-state index is -0.845. The minimum absolute atomic E-state index is 0.0501. The van der Waals surface area contributed by atoms with Crippen molar-refractivity contribution in [2.45, 2.75) is 104 Å². The van der Waals surface area contributed by atoms with Crippen LogP contribution in [0.1, 0.15) is 86.0 Å². The van der Waals surface area contributed by atoms with E-state index in [4.69, 9.17) is 14.2 Å². The second-order valence-corrected chi connectivity index (χ2v) is 13.3. The molecule has 11 atom stereocenters. The number of esters is 1. The third-order valence-corrected chi connectivity index (χ3v) is 11.6. The zero-order chi connectivity index (χ0) is 24.8. The standard InChI is InChI=1S/C29H43NO5/c1-16-12-25(30-32)29(33-15-16)17(2)26-24(35-29)14-23-21-7-6-19-13-20(34-18(3)31)8-10-27(19,4)22(21)9-11-28(23,26)5/h6,16-17,20-24,26,32H,7-15H2,1-5H3/b30-25-/t16-,17+,20+,21-,22+,23+,24+,26+,27+,28+,29+/m1/s1. The predicted octanol–water partition coefficient (Wildman–Crippen LogP) is 5.72. The van der Waals surface area contributed by atoms with E-state index in [-0.39, 0.29) is 34.9 Å². The molecular weight excluding hydrogens is 442 g/mol. The Morgan fingerprint density at radius 3 is 2.71 bits per heavy atom. The fraction of sp³-hybridized carbons (Fsp3) is 0.862. The molecule has 0 unspecified atom stereocenters. The molecule has 2 aliphatic heterocycles. The number of hydrogen-bond donors (Lipinski definition) is 1. The fourth-order valence-corrected chi connectivity index (χ4v) is 10.1. The van der Waals surface area contributed by atoms with Crippen molar-refractivity contribution in [1.29, 1.82) is 0 Å². The highest BCUT2D eigenvalue weighted by atomic mass is 16.7. The van der Waals surface area contributed by atoms with Gasteiger partial charge in [-0.2, -0.15) is 0 Å². The molecule has 1 N–H and O–H groups in total. The Bertz CT molecular complexity index is 961. The molecule has 6 nitrogen and oxygen atoms in total. The number of carbonyl (C=O) groups excluding carboxylic acids is 1. The molecule has 2 saturated heterocycles. The highest BCUT2D eigenvalue weighted by Gasteiger charge is 2.70. The highest BCUT2D eigenvalue weighted by Crippen LogP contribution is 2.70. The maximum absolute atomic E-state index is 11.5. The van der Waals surface area contributed by atoms with Crippen LogP contribution in [0, 0.1) is 46.3 Å². The van der Waals surface area contributed by atoms with Crippen molar-refractivity contribution in [2.75, 3.05) is 6.61 Å². The number of fused-ring (bicyclic) bond motifs is 7. The highest BCUT2D eigenvalue weighted by molar-refractivity contribution is 5.92. The van der Waals surface area contributed by atoms with E-state index in [1.54, 1.807) is 0 Å². The first-order valence-corrected chi connectivity index (χ1v) is 14.0. The molecule has 6 heteroatoms. The molecular formula is C29H43NO5. The molecule has 6 aliphatic rings. The van der Waals surface area contributed by atoms with Crippen LogP contribution in [-0.2, 0) is 19.0 Å². The number of hydrogen-bond acceptors (Lipinski definition) is 6. The lowest BCUT2D eigenvalue weighted by Crippen LogP contribution is -2.55. The first-order valence-electron chi connectivity index (χ1n) is 14.0. The Morgan fingerprint density at radius 1 is 1.17 bits per heavy atom. The third-order valence-electron chi connectivity index (χ3n) is 11.6. The van der Waals surface area contributed by atoms with E-state index in [2.05, 4.69) is 38.9 Å². The minimum Gasteiger partial charge on any atom is -0.462 e. The number of rotatable bonds is 1. The van der Waals surface area contributed by atoms with Gasteiger partial charge in [-0.15, -0.1) is 0 Å². The lowest BCUT2D eigenvalue weighted by molar-refractivity contribution is -0.216. The molecule has 6 rings (SSSR count). The normalized spacial score (nSPS) is 54.0. The zero-order valence-corrected chi connectivity index (χ0v) is 22.1. The van der Waals surface area contributed by atoms with E-state index in [0.29, 0.717) is 41.9 Å². The molecule has 35 heavy (non-hydrogen) atoms. The van der Waals surface area contributed by atoms with Gasteiger partial charge in [-0.25, -0.2) is 0 Å². The van der Waals surface area contributed by atoms with Crippen LogP contribution in [0.3, 0.4) is 0 Å². The van der Waals surface area contributed by atoms with Crippen molar-refractivity contribution in [3.8, 4) is 0 Å². The van der Waals surface area contributed by atoms with Crippen LogP contribution < -0.4 is 0 Å². The van der Waals surface area contributed by atoms with Gasteiger partial charge in [-0.1, -0.05) is 44.5 Å². The summed E-state index contributed by atoms with van der Waals surface area (Å²) in [5, 5.41) is 13.6. The van der Waals surface area contributed by atoms with E-state index >= 15 is 0 Å². The molecule has 5 fully saturated rings. The Kier molecular flexibility index (Phi) is 5.51. The SMILES string of the molecule is CC(=O)O[C@H]1CC[C@@]2(C)C(=CC[C@H]3[C@@H]4C[C@@H]5O[C@@]6(OC[C@H](C)C/C6=N/O)[C@@H](C)[C@@H]5[C@@]4(C)CC[C@@H]32)C1.